The van der Waals surface area contributed by atoms with Gasteiger partial charge in [-0.1, -0.05) is 30.6 Å². The van der Waals surface area contributed by atoms with Gasteiger partial charge in [-0.15, -0.1) is 0 Å². The van der Waals surface area contributed by atoms with Crippen molar-refractivity contribution in [1.82, 2.24) is 25.3 Å². The fraction of sp³-hybridized carbons (Fsp3) is 0.571. The van der Waals surface area contributed by atoms with Gasteiger partial charge >= 0.3 is 0 Å². The monoisotopic (exact) mass is 418 g/mol. The van der Waals surface area contributed by atoms with Crippen molar-refractivity contribution in [1.29, 1.82) is 0 Å². The van der Waals surface area contributed by atoms with Crippen LogP contribution in [0.3, 0.4) is 0 Å². The van der Waals surface area contributed by atoms with E-state index in [1.165, 1.54) is 6.42 Å². The average molecular weight is 419 g/mol. The molecule has 0 saturated carbocycles. The number of benzene rings is 1. The van der Waals surface area contributed by atoms with Gasteiger partial charge in [0.05, 0.1) is 6.54 Å². The normalized spacial score (nSPS) is 17.3. The van der Waals surface area contributed by atoms with Crippen LogP contribution in [0.5, 0.6) is 0 Å². The minimum Gasteiger partial charge on any atom is -0.357 e. The Morgan fingerprint density at radius 2 is 2.03 bits per heavy atom. The Hall–Kier alpha value is -2.12. The van der Waals surface area contributed by atoms with Crippen LogP contribution in [-0.4, -0.2) is 71.2 Å². The van der Waals surface area contributed by atoms with Crippen molar-refractivity contribution in [2.45, 2.75) is 39.7 Å². The molecule has 1 fully saturated rings. The topological polar surface area (TPSA) is 69.8 Å². The quantitative estimate of drug-likeness (QED) is 0.524. The average Bonchev–Trinajstić information content (AvgIpc) is 3.39. The second kappa shape index (κ2) is 10.6. The lowest BCUT2D eigenvalue weighted by Crippen LogP contribution is -2.43. The Balaban J connectivity index is 1.58. The molecule has 1 atom stereocenters. The Bertz CT molecular complexity index is 787. The molecule has 2 heterocycles. The molecule has 0 radical (unpaired) electrons. The third-order valence-electron chi connectivity index (χ3n) is 5.28. The third-order valence-corrected chi connectivity index (χ3v) is 5.54. The number of guanidine groups is 1. The zero-order valence-corrected chi connectivity index (χ0v) is 18.3. The van der Waals surface area contributed by atoms with E-state index in [0.717, 1.165) is 44.2 Å². The number of halogens is 1. The van der Waals surface area contributed by atoms with Crippen LogP contribution >= 0.6 is 11.6 Å². The van der Waals surface area contributed by atoms with E-state index in [1.807, 2.05) is 24.3 Å². The fourth-order valence-corrected chi connectivity index (χ4v) is 3.85. The summed E-state index contributed by atoms with van der Waals surface area (Å²) >= 11 is 5.93. The largest absolute Gasteiger partial charge is 0.357 e. The minimum atomic E-state index is 0.578. The van der Waals surface area contributed by atoms with E-state index >= 15 is 0 Å². The highest BCUT2D eigenvalue weighted by atomic mass is 35.5. The van der Waals surface area contributed by atoms with Crippen molar-refractivity contribution in [3.8, 4) is 11.4 Å². The van der Waals surface area contributed by atoms with Crippen molar-refractivity contribution in [2.75, 3.05) is 39.3 Å². The van der Waals surface area contributed by atoms with Gasteiger partial charge in [0.25, 0.3) is 0 Å². The molecule has 1 aromatic heterocycles. The molecular weight excluding hydrogens is 388 g/mol. The Morgan fingerprint density at radius 3 is 2.72 bits per heavy atom. The molecule has 0 spiro atoms. The van der Waals surface area contributed by atoms with Crippen molar-refractivity contribution < 1.29 is 4.52 Å². The van der Waals surface area contributed by atoms with Crippen molar-refractivity contribution in [2.24, 2.45) is 4.99 Å². The molecule has 7 nitrogen and oxygen atoms in total. The molecule has 158 valence electrons. The van der Waals surface area contributed by atoms with Gasteiger partial charge in [-0.05, 0) is 50.7 Å². The van der Waals surface area contributed by atoms with E-state index in [4.69, 9.17) is 21.1 Å². The zero-order valence-electron chi connectivity index (χ0n) is 17.6. The molecular formula is C21H31ClN6O. The number of nitrogens with zero attached hydrogens (tertiary/aromatic N) is 5. The van der Waals surface area contributed by atoms with E-state index in [9.17, 15) is 0 Å². The molecule has 1 aliphatic heterocycles. The summed E-state index contributed by atoms with van der Waals surface area (Å²) in [6.45, 7) is 12.3. The summed E-state index contributed by atoms with van der Waals surface area (Å²) in [5.74, 6) is 2.14. The summed E-state index contributed by atoms with van der Waals surface area (Å²) in [5.41, 5.74) is 0.890. The van der Waals surface area contributed by atoms with Gasteiger partial charge in [0, 0.05) is 42.7 Å². The molecule has 0 bridgehead atoms. The van der Waals surface area contributed by atoms with E-state index in [1.54, 1.807) is 0 Å². The number of likely N-dealkylation sites (N-methyl/N-ethyl adjacent to an activating group) is 1. The molecule has 1 saturated heterocycles. The highest BCUT2D eigenvalue weighted by molar-refractivity contribution is 6.30. The molecule has 1 aliphatic rings. The molecule has 29 heavy (non-hydrogen) atoms. The first-order valence-electron chi connectivity index (χ1n) is 10.5. The summed E-state index contributed by atoms with van der Waals surface area (Å²) in [6, 6.07) is 8.02. The Kier molecular flexibility index (Phi) is 7.89. The van der Waals surface area contributed by atoms with Crippen LogP contribution in [0.25, 0.3) is 11.4 Å². The molecule has 0 aliphatic carbocycles. The van der Waals surface area contributed by atoms with E-state index in [-0.39, 0.29) is 0 Å². The van der Waals surface area contributed by atoms with Gasteiger partial charge < -0.3 is 14.7 Å². The second-order valence-corrected chi connectivity index (χ2v) is 7.55. The smallest absolute Gasteiger partial charge is 0.228 e. The maximum absolute atomic E-state index is 5.93. The summed E-state index contributed by atoms with van der Waals surface area (Å²) in [5, 5.41) is 8.18. The summed E-state index contributed by atoms with van der Waals surface area (Å²) in [6.07, 6.45) is 1.79. The fourth-order valence-electron chi connectivity index (χ4n) is 3.73. The van der Waals surface area contributed by atoms with E-state index in [0.29, 0.717) is 35.7 Å². The lowest BCUT2D eigenvalue weighted by molar-refractivity contribution is 0.223. The number of aliphatic imine (C=N–C) groups is 1. The van der Waals surface area contributed by atoms with Crippen LogP contribution in [0.1, 0.15) is 33.1 Å². The van der Waals surface area contributed by atoms with Crippen LogP contribution in [0.15, 0.2) is 33.8 Å². The molecule has 1 unspecified atom stereocenters. The number of nitrogens with one attached hydrogen (secondary N) is 1. The van der Waals surface area contributed by atoms with Crippen LogP contribution in [-0.2, 0) is 6.42 Å². The van der Waals surface area contributed by atoms with Crippen molar-refractivity contribution >= 4 is 17.6 Å². The first kappa shape index (κ1) is 21.6. The standard InChI is InChI=1S/C21H31ClN6O/c1-4-23-21(28-14-12-18(15-28)27(5-2)6-3)24-13-11-19-25-20(26-29-19)16-7-9-17(22)10-8-16/h7-10,18H,4-6,11-15H2,1-3H3,(H,23,24). The van der Waals surface area contributed by atoms with Crippen molar-refractivity contribution in [3.63, 3.8) is 0 Å². The highest BCUT2D eigenvalue weighted by Gasteiger charge is 2.27. The molecule has 8 heteroatoms. The summed E-state index contributed by atoms with van der Waals surface area (Å²) in [7, 11) is 0. The van der Waals surface area contributed by atoms with Gasteiger partial charge in [0.1, 0.15) is 0 Å². The molecule has 3 rings (SSSR count). The number of hydrogen-bond acceptors (Lipinski definition) is 5. The molecule has 1 N–H and O–H groups in total. The predicted octanol–water partition coefficient (Wildman–Crippen LogP) is 3.31. The molecule has 2 aromatic rings. The maximum atomic E-state index is 5.93. The lowest BCUT2D eigenvalue weighted by Gasteiger charge is -2.27. The van der Waals surface area contributed by atoms with Crippen molar-refractivity contribution in [3.05, 3.63) is 35.2 Å². The van der Waals surface area contributed by atoms with Gasteiger partial charge in [0.2, 0.25) is 11.7 Å². The first-order chi connectivity index (χ1) is 14.1. The summed E-state index contributed by atoms with van der Waals surface area (Å²) in [4.78, 5) is 14.2. The van der Waals surface area contributed by atoms with Crippen LogP contribution in [0, 0.1) is 0 Å². The van der Waals surface area contributed by atoms with E-state index < -0.39 is 0 Å². The zero-order chi connectivity index (χ0) is 20.6. The van der Waals surface area contributed by atoms with Crippen LogP contribution in [0.4, 0.5) is 0 Å². The van der Waals surface area contributed by atoms with Crippen LogP contribution < -0.4 is 5.32 Å². The van der Waals surface area contributed by atoms with E-state index in [2.05, 4.69) is 46.0 Å². The third kappa shape index (κ3) is 5.70. The number of likely N-dealkylation sites (tertiary alicyclic amines) is 1. The number of aromatic nitrogens is 2. The SMILES string of the molecule is CCNC(=NCCc1nc(-c2ccc(Cl)cc2)no1)N1CCC(N(CC)CC)C1. The Labute approximate surface area is 178 Å². The number of rotatable bonds is 8. The van der Waals surface area contributed by atoms with Gasteiger partial charge in [0.15, 0.2) is 5.96 Å². The predicted molar refractivity (Wildman–Crippen MR) is 117 cm³/mol. The van der Waals surface area contributed by atoms with Gasteiger partial charge in [-0.2, -0.15) is 4.98 Å². The van der Waals surface area contributed by atoms with Gasteiger partial charge in [-0.25, -0.2) is 0 Å². The minimum absolute atomic E-state index is 0.578. The second-order valence-electron chi connectivity index (χ2n) is 7.11. The lowest BCUT2D eigenvalue weighted by atomic mass is 10.2. The first-order valence-corrected chi connectivity index (χ1v) is 10.9. The molecule has 0 amide bonds. The summed E-state index contributed by atoms with van der Waals surface area (Å²) < 4.78 is 5.39. The highest BCUT2D eigenvalue weighted by Crippen LogP contribution is 2.19. The van der Waals surface area contributed by atoms with Crippen LogP contribution in [0.2, 0.25) is 5.02 Å². The molecule has 1 aromatic carbocycles. The van der Waals surface area contributed by atoms with Gasteiger partial charge in [-0.3, -0.25) is 9.89 Å². The number of hydrogen-bond donors (Lipinski definition) is 1. The Morgan fingerprint density at radius 1 is 1.28 bits per heavy atom. The maximum Gasteiger partial charge on any atom is 0.228 e.